The van der Waals surface area contributed by atoms with Crippen LogP contribution in [0, 0.1) is 6.92 Å². The van der Waals surface area contributed by atoms with Crippen LogP contribution in [0.4, 0.5) is 11.4 Å². The highest BCUT2D eigenvalue weighted by atomic mass is 16.5. The van der Waals surface area contributed by atoms with Crippen molar-refractivity contribution in [3.05, 3.63) is 138 Å². The van der Waals surface area contributed by atoms with E-state index in [2.05, 4.69) is 87.7 Å². The predicted molar refractivity (Wildman–Crippen MR) is 159 cm³/mol. The van der Waals surface area contributed by atoms with Crippen LogP contribution in [-0.2, 0) is 13.0 Å². The SMILES string of the molecule is Cc1cc(Nc2cccc(OCCn3ccnc3-c3ccccc3Cc3ccccc3)c2)c2ccccc2n1. The number of nitrogens with zero attached hydrogens (tertiary/aromatic N) is 3. The van der Waals surface area contributed by atoms with E-state index in [4.69, 9.17) is 9.72 Å². The molecule has 192 valence electrons. The Hall–Kier alpha value is -4.90. The summed E-state index contributed by atoms with van der Waals surface area (Å²) >= 11 is 0. The maximum atomic E-state index is 6.18. The molecule has 6 rings (SSSR count). The van der Waals surface area contributed by atoms with E-state index in [0.717, 1.165) is 51.5 Å². The average molecular weight is 511 g/mol. The first kappa shape index (κ1) is 24.4. The molecule has 5 heteroatoms. The Balaban J connectivity index is 1.15. The first-order valence-corrected chi connectivity index (χ1v) is 13.2. The van der Waals surface area contributed by atoms with Crippen LogP contribution in [0.1, 0.15) is 16.8 Å². The lowest BCUT2D eigenvalue weighted by molar-refractivity contribution is 0.299. The highest BCUT2D eigenvalue weighted by molar-refractivity contribution is 5.93. The zero-order valence-corrected chi connectivity index (χ0v) is 21.9. The number of aryl methyl sites for hydroxylation is 1. The van der Waals surface area contributed by atoms with Gasteiger partial charge in [0.1, 0.15) is 18.2 Å². The minimum Gasteiger partial charge on any atom is -0.492 e. The monoisotopic (exact) mass is 510 g/mol. The Morgan fingerprint density at radius 1 is 0.821 bits per heavy atom. The number of nitrogens with one attached hydrogen (secondary N) is 1. The van der Waals surface area contributed by atoms with Gasteiger partial charge >= 0.3 is 0 Å². The second kappa shape index (κ2) is 11.2. The van der Waals surface area contributed by atoms with Gasteiger partial charge < -0.3 is 14.6 Å². The van der Waals surface area contributed by atoms with Crippen molar-refractivity contribution in [3.63, 3.8) is 0 Å². The molecule has 0 atom stereocenters. The highest BCUT2D eigenvalue weighted by Gasteiger charge is 2.12. The van der Waals surface area contributed by atoms with Crippen LogP contribution >= 0.6 is 0 Å². The molecule has 0 spiro atoms. The number of benzene rings is 4. The highest BCUT2D eigenvalue weighted by Crippen LogP contribution is 2.28. The first-order valence-electron chi connectivity index (χ1n) is 13.2. The van der Waals surface area contributed by atoms with Crippen LogP contribution in [0.25, 0.3) is 22.3 Å². The summed E-state index contributed by atoms with van der Waals surface area (Å²) in [7, 11) is 0. The lowest BCUT2D eigenvalue weighted by atomic mass is 9.99. The van der Waals surface area contributed by atoms with Gasteiger partial charge in [-0.25, -0.2) is 4.98 Å². The van der Waals surface area contributed by atoms with E-state index in [1.54, 1.807) is 0 Å². The quantitative estimate of drug-likeness (QED) is 0.215. The number of aromatic nitrogens is 3. The molecule has 0 radical (unpaired) electrons. The number of para-hydroxylation sites is 1. The molecule has 2 heterocycles. The van der Waals surface area contributed by atoms with Crippen LogP contribution < -0.4 is 10.1 Å². The van der Waals surface area contributed by atoms with Gasteiger partial charge in [0.2, 0.25) is 0 Å². The molecule has 4 aromatic carbocycles. The molecule has 0 unspecified atom stereocenters. The fourth-order valence-electron chi connectivity index (χ4n) is 4.93. The molecule has 0 aliphatic rings. The van der Waals surface area contributed by atoms with Crippen molar-refractivity contribution in [1.82, 2.24) is 14.5 Å². The number of hydrogen-bond donors (Lipinski definition) is 1. The summed E-state index contributed by atoms with van der Waals surface area (Å²) in [6, 6.07) is 37.4. The van der Waals surface area contributed by atoms with E-state index in [1.807, 2.05) is 55.7 Å². The molecule has 0 fully saturated rings. The van der Waals surface area contributed by atoms with Gasteiger partial charge in [0.15, 0.2) is 0 Å². The van der Waals surface area contributed by atoms with Gasteiger partial charge in [0.25, 0.3) is 0 Å². The molecule has 0 saturated heterocycles. The second-order valence-electron chi connectivity index (χ2n) is 9.59. The zero-order valence-electron chi connectivity index (χ0n) is 21.9. The first-order chi connectivity index (χ1) is 19.2. The van der Waals surface area contributed by atoms with Gasteiger partial charge in [-0.2, -0.15) is 0 Å². The molecule has 1 N–H and O–H groups in total. The molecule has 0 saturated carbocycles. The summed E-state index contributed by atoms with van der Waals surface area (Å²) < 4.78 is 8.35. The second-order valence-corrected chi connectivity index (χ2v) is 9.59. The van der Waals surface area contributed by atoms with Crippen molar-refractivity contribution in [3.8, 4) is 17.1 Å². The van der Waals surface area contributed by atoms with Gasteiger partial charge in [0, 0.05) is 46.5 Å². The van der Waals surface area contributed by atoms with Crippen LogP contribution in [0.5, 0.6) is 5.75 Å². The Morgan fingerprint density at radius 2 is 1.64 bits per heavy atom. The van der Waals surface area contributed by atoms with Crippen molar-refractivity contribution in [2.45, 2.75) is 19.9 Å². The summed E-state index contributed by atoms with van der Waals surface area (Å²) in [5.41, 5.74) is 7.66. The van der Waals surface area contributed by atoms with Crippen LogP contribution in [-0.4, -0.2) is 21.1 Å². The number of anilines is 2. The Kier molecular flexibility index (Phi) is 7.04. The van der Waals surface area contributed by atoms with Crippen molar-refractivity contribution in [2.75, 3.05) is 11.9 Å². The number of rotatable bonds is 9. The largest absolute Gasteiger partial charge is 0.492 e. The third-order valence-electron chi connectivity index (χ3n) is 6.77. The maximum absolute atomic E-state index is 6.18. The molecule has 0 bridgehead atoms. The zero-order chi connectivity index (χ0) is 26.4. The molecule has 6 aromatic rings. The van der Waals surface area contributed by atoms with Crippen molar-refractivity contribution in [2.24, 2.45) is 0 Å². The normalized spacial score (nSPS) is 11.0. The van der Waals surface area contributed by atoms with Gasteiger partial charge in [-0.3, -0.25) is 4.98 Å². The van der Waals surface area contributed by atoms with E-state index < -0.39 is 0 Å². The lowest BCUT2D eigenvalue weighted by Gasteiger charge is -2.14. The number of pyridine rings is 1. The minimum absolute atomic E-state index is 0.533. The number of hydrogen-bond acceptors (Lipinski definition) is 4. The van der Waals surface area contributed by atoms with Gasteiger partial charge in [-0.05, 0) is 48.7 Å². The molecule has 0 aliphatic carbocycles. The van der Waals surface area contributed by atoms with E-state index >= 15 is 0 Å². The van der Waals surface area contributed by atoms with Crippen LogP contribution in [0.2, 0.25) is 0 Å². The number of imidazole rings is 1. The van der Waals surface area contributed by atoms with Crippen molar-refractivity contribution < 1.29 is 4.74 Å². The summed E-state index contributed by atoms with van der Waals surface area (Å²) in [5.74, 6) is 1.78. The molecular formula is C34H30N4O. The summed E-state index contributed by atoms with van der Waals surface area (Å²) in [4.78, 5) is 9.34. The van der Waals surface area contributed by atoms with E-state index in [9.17, 15) is 0 Å². The fourth-order valence-corrected chi connectivity index (χ4v) is 4.93. The average Bonchev–Trinajstić information content (AvgIpc) is 3.42. The third-order valence-corrected chi connectivity index (χ3v) is 6.77. The molecular weight excluding hydrogens is 480 g/mol. The van der Waals surface area contributed by atoms with Gasteiger partial charge in [0.05, 0.1) is 12.1 Å². The van der Waals surface area contributed by atoms with E-state index in [-0.39, 0.29) is 0 Å². The molecule has 0 aliphatic heterocycles. The fraction of sp³-hybridized carbons (Fsp3) is 0.118. The molecule has 0 amide bonds. The third kappa shape index (κ3) is 5.68. The Labute approximate surface area is 228 Å². The minimum atomic E-state index is 0.533. The molecule has 2 aromatic heterocycles. The van der Waals surface area contributed by atoms with E-state index in [1.165, 1.54) is 11.1 Å². The van der Waals surface area contributed by atoms with Gasteiger partial charge in [-0.1, -0.05) is 78.9 Å². The smallest absolute Gasteiger partial charge is 0.140 e. The molecule has 39 heavy (non-hydrogen) atoms. The molecule has 5 nitrogen and oxygen atoms in total. The lowest BCUT2D eigenvalue weighted by Crippen LogP contribution is -2.09. The standard InChI is InChI=1S/C34H30N4O/c1-25-22-33(31-16-7-8-17-32(31)36-25)37-28-13-9-14-29(24-28)39-21-20-38-19-18-35-34(38)30-15-6-5-12-27(30)23-26-10-3-2-4-11-26/h2-19,22,24H,20-21,23H2,1H3,(H,36,37). The van der Waals surface area contributed by atoms with Crippen molar-refractivity contribution in [1.29, 1.82) is 0 Å². The van der Waals surface area contributed by atoms with Crippen molar-refractivity contribution >= 4 is 22.3 Å². The summed E-state index contributed by atoms with van der Waals surface area (Å²) in [6.07, 6.45) is 4.75. The Morgan fingerprint density at radius 3 is 2.56 bits per heavy atom. The van der Waals surface area contributed by atoms with Crippen LogP contribution in [0.3, 0.4) is 0 Å². The van der Waals surface area contributed by atoms with Gasteiger partial charge in [-0.15, -0.1) is 0 Å². The summed E-state index contributed by atoms with van der Waals surface area (Å²) in [5, 5.41) is 4.65. The maximum Gasteiger partial charge on any atom is 0.140 e. The summed E-state index contributed by atoms with van der Waals surface area (Å²) in [6.45, 7) is 3.24. The number of ether oxygens (including phenoxy) is 1. The Bertz CT molecular complexity index is 1710. The van der Waals surface area contributed by atoms with E-state index in [0.29, 0.717) is 13.2 Å². The van der Waals surface area contributed by atoms with Crippen LogP contribution in [0.15, 0.2) is 122 Å². The predicted octanol–water partition coefficient (Wildman–Crippen LogP) is 7.82. The number of fused-ring (bicyclic) bond motifs is 1. The topological polar surface area (TPSA) is 52.0 Å².